The van der Waals surface area contributed by atoms with Gasteiger partial charge in [0.15, 0.2) is 0 Å². The minimum atomic E-state index is 0.196. The minimum absolute atomic E-state index is 0.196. The van der Waals surface area contributed by atoms with Crippen LogP contribution in [0.25, 0.3) is 0 Å². The summed E-state index contributed by atoms with van der Waals surface area (Å²) in [5, 5.41) is 3.18. The average molecular weight is 237 g/mol. The van der Waals surface area contributed by atoms with E-state index in [1.54, 1.807) is 0 Å². The molecule has 94 valence electrons. The van der Waals surface area contributed by atoms with E-state index < -0.39 is 0 Å². The third-order valence-electron chi connectivity index (χ3n) is 2.84. The quantitative estimate of drug-likeness (QED) is 0.779. The van der Waals surface area contributed by atoms with Crippen molar-refractivity contribution in [3.8, 4) is 6.01 Å². The maximum atomic E-state index is 5.60. The maximum absolute atomic E-state index is 5.60. The van der Waals surface area contributed by atoms with Gasteiger partial charge in [-0.15, -0.1) is 0 Å². The standard InChI is InChI=1S/C11H19N5O/c1-2-6-17-11-15-9(12)14-10(16-11)13-7-8-4-3-5-8/h8H,2-7H2,1H3,(H3,12,13,14,15,16). The van der Waals surface area contributed by atoms with Gasteiger partial charge in [-0.25, -0.2) is 0 Å². The Morgan fingerprint density at radius 1 is 1.35 bits per heavy atom. The van der Waals surface area contributed by atoms with Crippen LogP contribution in [-0.2, 0) is 0 Å². The van der Waals surface area contributed by atoms with Gasteiger partial charge in [0.05, 0.1) is 6.61 Å². The van der Waals surface area contributed by atoms with Gasteiger partial charge in [0.25, 0.3) is 0 Å². The second kappa shape index (κ2) is 5.65. The molecule has 1 saturated carbocycles. The zero-order valence-electron chi connectivity index (χ0n) is 10.1. The van der Waals surface area contributed by atoms with Crippen molar-refractivity contribution in [2.75, 3.05) is 24.2 Å². The zero-order chi connectivity index (χ0) is 12.1. The fraction of sp³-hybridized carbons (Fsp3) is 0.727. The van der Waals surface area contributed by atoms with Crippen molar-refractivity contribution in [1.82, 2.24) is 15.0 Å². The van der Waals surface area contributed by atoms with Gasteiger partial charge in [0.2, 0.25) is 11.9 Å². The van der Waals surface area contributed by atoms with Crippen molar-refractivity contribution in [2.24, 2.45) is 5.92 Å². The number of nitrogens with zero attached hydrogens (tertiary/aromatic N) is 3. The van der Waals surface area contributed by atoms with Crippen molar-refractivity contribution in [3.63, 3.8) is 0 Å². The van der Waals surface area contributed by atoms with E-state index in [4.69, 9.17) is 10.5 Å². The van der Waals surface area contributed by atoms with Crippen molar-refractivity contribution < 1.29 is 4.74 Å². The molecule has 1 aliphatic rings. The number of hydrogen-bond acceptors (Lipinski definition) is 6. The van der Waals surface area contributed by atoms with E-state index in [1.807, 2.05) is 6.92 Å². The molecule has 1 fully saturated rings. The lowest BCUT2D eigenvalue weighted by Crippen LogP contribution is -2.22. The Kier molecular flexibility index (Phi) is 3.95. The summed E-state index contributed by atoms with van der Waals surface area (Å²) in [5.74, 6) is 1.45. The van der Waals surface area contributed by atoms with E-state index in [-0.39, 0.29) is 5.95 Å². The summed E-state index contributed by atoms with van der Waals surface area (Å²) in [6.07, 6.45) is 4.81. The lowest BCUT2D eigenvalue weighted by atomic mass is 9.85. The van der Waals surface area contributed by atoms with Gasteiger partial charge in [-0.2, -0.15) is 15.0 Å². The predicted molar refractivity (Wildman–Crippen MR) is 65.9 cm³/mol. The third-order valence-corrected chi connectivity index (χ3v) is 2.84. The molecule has 0 aromatic carbocycles. The number of ether oxygens (including phenoxy) is 1. The number of hydrogen-bond donors (Lipinski definition) is 2. The van der Waals surface area contributed by atoms with E-state index in [9.17, 15) is 0 Å². The molecule has 0 aliphatic heterocycles. The van der Waals surface area contributed by atoms with Crippen LogP contribution in [0.1, 0.15) is 32.6 Å². The van der Waals surface area contributed by atoms with Crippen LogP contribution in [0.2, 0.25) is 0 Å². The highest BCUT2D eigenvalue weighted by molar-refractivity contribution is 5.32. The molecule has 0 saturated heterocycles. The fourth-order valence-corrected chi connectivity index (χ4v) is 1.64. The lowest BCUT2D eigenvalue weighted by Gasteiger charge is -2.25. The molecular formula is C11H19N5O. The Morgan fingerprint density at radius 3 is 2.82 bits per heavy atom. The Bertz CT molecular complexity index is 367. The van der Waals surface area contributed by atoms with Gasteiger partial charge in [0.1, 0.15) is 0 Å². The summed E-state index contributed by atoms with van der Waals surface area (Å²) in [6.45, 7) is 3.52. The molecule has 6 nitrogen and oxygen atoms in total. The van der Waals surface area contributed by atoms with Gasteiger partial charge in [0, 0.05) is 6.54 Å². The smallest absolute Gasteiger partial charge is 0.323 e. The number of anilines is 2. The first-order valence-corrected chi connectivity index (χ1v) is 6.16. The van der Waals surface area contributed by atoms with Crippen LogP contribution in [0.4, 0.5) is 11.9 Å². The zero-order valence-corrected chi connectivity index (χ0v) is 10.1. The SMILES string of the molecule is CCCOc1nc(N)nc(NCC2CCC2)n1. The van der Waals surface area contributed by atoms with E-state index in [0.29, 0.717) is 18.6 Å². The van der Waals surface area contributed by atoms with E-state index in [2.05, 4.69) is 20.3 Å². The number of aromatic nitrogens is 3. The molecule has 0 amide bonds. The van der Waals surface area contributed by atoms with Crippen LogP contribution < -0.4 is 15.8 Å². The molecule has 1 aromatic rings. The molecular weight excluding hydrogens is 218 g/mol. The molecule has 17 heavy (non-hydrogen) atoms. The first-order valence-electron chi connectivity index (χ1n) is 6.16. The highest BCUT2D eigenvalue weighted by Crippen LogP contribution is 2.26. The number of nitrogens with one attached hydrogen (secondary N) is 1. The first-order chi connectivity index (χ1) is 8.28. The van der Waals surface area contributed by atoms with E-state index in [1.165, 1.54) is 19.3 Å². The molecule has 6 heteroatoms. The highest BCUT2D eigenvalue weighted by Gasteiger charge is 2.17. The maximum Gasteiger partial charge on any atom is 0.323 e. The first kappa shape index (κ1) is 11.9. The minimum Gasteiger partial charge on any atom is -0.463 e. The summed E-state index contributed by atoms with van der Waals surface area (Å²) < 4.78 is 5.34. The highest BCUT2D eigenvalue weighted by atomic mass is 16.5. The molecule has 1 heterocycles. The van der Waals surface area contributed by atoms with Crippen LogP contribution in [0, 0.1) is 5.92 Å². The predicted octanol–water partition coefficient (Wildman–Crippen LogP) is 1.45. The number of nitrogen functional groups attached to an aromatic ring is 1. The second-order valence-electron chi connectivity index (χ2n) is 4.33. The number of rotatable bonds is 6. The van der Waals surface area contributed by atoms with Crippen LogP contribution in [-0.4, -0.2) is 28.1 Å². The molecule has 0 spiro atoms. The molecule has 2 rings (SSSR count). The van der Waals surface area contributed by atoms with Crippen molar-refractivity contribution >= 4 is 11.9 Å². The van der Waals surface area contributed by atoms with Crippen LogP contribution in [0.15, 0.2) is 0 Å². The normalized spacial score (nSPS) is 15.4. The Labute approximate surface area is 101 Å². The van der Waals surface area contributed by atoms with E-state index in [0.717, 1.165) is 18.9 Å². The van der Waals surface area contributed by atoms with Crippen LogP contribution in [0.5, 0.6) is 6.01 Å². The molecule has 1 aliphatic carbocycles. The van der Waals surface area contributed by atoms with Crippen molar-refractivity contribution in [2.45, 2.75) is 32.6 Å². The van der Waals surface area contributed by atoms with Gasteiger partial charge >= 0.3 is 6.01 Å². The molecule has 0 bridgehead atoms. The summed E-state index contributed by atoms with van der Waals surface area (Å²) in [7, 11) is 0. The third kappa shape index (κ3) is 3.44. The Balaban J connectivity index is 1.92. The lowest BCUT2D eigenvalue weighted by molar-refractivity contribution is 0.292. The monoisotopic (exact) mass is 237 g/mol. The molecule has 0 unspecified atom stereocenters. The molecule has 0 radical (unpaired) electrons. The summed E-state index contributed by atoms with van der Waals surface area (Å²) in [4.78, 5) is 12.1. The van der Waals surface area contributed by atoms with Gasteiger partial charge < -0.3 is 15.8 Å². The van der Waals surface area contributed by atoms with Crippen molar-refractivity contribution in [1.29, 1.82) is 0 Å². The largest absolute Gasteiger partial charge is 0.463 e. The van der Waals surface area contributed by atoms with Crippen LogP contribution in [0.3, 0.4) is 0 Å². The number of nitrogens with two attached hydrogens (primary N) is 1. The summed E-state index contributed by atoms with van der Waals surface area (Å²) in [6, 6.07) is 0.301. The molecule has 3 N–H and O–H groups in total. The second-order valence-corrected chi connectivity index (χ2v) is 4.33. The van der Waals surface area contributed by atoms with Gasteiger partial charge in [-0.1, -0.05) is 13.3 Å². The fourth-order valence-electron chi connectivity index (χ4n) is 1.64. The molecule has 1 aromatic heterocycles. The van der Waals surface area contributed by atoms with E-state index >= 15 is 0 Å². The average Bonchev–Trinajstić information content (AvgIpc) is 2.23. The summed E-state index contributed by atoms with van der Waals surface area (Å²) in [5.41, 5.74) is 5.60. The Hall–Kier alpha value is -1.59. The molecule has 0 atom stereocenters. The van der Waals surface area contributed by atoms with Gasteiger partial charge in [-0.05, 0) is 25.2 Å². The Morgan fingerprint density at radius 2 is 2.18 bits per heavy atom. The van der Waals surface area contributed by atoms with Crippen LogP contribution >= 0.6 is 0 Å². The topological polar surface area (TPSA) is 86.0 Å². The van der Waals surface area contributed by atoms with Gasteiger partial charge in [-0.3, -0.25) is 0 Å². The van der Waals surface area contributed by atoms with Crippen molar-refractivity contribution in [3.05, 3.63) is 0 Å². The summed E-state index contributed by atoms with van der Waals surface area (Å²) >= 11 is 0.